The molecule has 102 valence electrons. The Hall–Kier alpha value is -0.410. The summed E-state index contributed by atoms with van der Waals surface area (Å²) in [6.07, 6.45) is 3.10. The predicted octanol–water partition coefficient (Wildman–Crippen LogP) is 4.55. The van der Waals surface area contributed by atoms with E-state index in [9.17, 15) is 4.39 Å². The number of hydrogen-bond acceptors (Lipinski definition) is 1. The molecule has 0 spiro atoms. The number of nitrogens with one attached hydrogen (secondary N) is 1. The molecule has 0 unspecified atom stereocenters. The minimum Gasteiger partial charge on any atom is -0.316 e. The van der Waals surface area contributed by atoms with Crippen molar-refractivity contribution >= 4 is 15.9 Å². The van der Waals surface area contributed by atoms with Crippen LogP contribution in [0.5, 0.6) is 0 Å². The molecule has 0 fully saturated rings. The van der Waals surface area contributed by atoms with Gasteiger partial charge in [0.1, 0.15) is 5.82 Å². The van der Waals surface area contributed by atoms with Gasteiger partial charge in [-0.25, -0.2) is 4.39 Å². The van der Waals surface area contributed by atoms with Crippen LogP contribution in [0.3, 0.4) is 0 Å². The second-order valence-corrected chi connectivity index (χ2v) is 5.75. The van der Waals surface area contributed by atoms with Crippen LogP contribution in [0.15, 0.2) is 22.7 Å². The molecule has 0 aliphatic rings. The largest absolute Gasteiger partial charge is 0.316 e. The summed E-state index contributed by atoms with van der Waals surface area (Å²) in [5.41, 5.74) is 1.28. The first-order valence-corrected chi connectivity index (χ1v) is 7.51. The molecule has 0 saturated carbocycles. The topological polar surface area (TPSA) is 12.0 Å². The number of benzene rings is 1. The third-order valence-electron chi connectivity index (χ3n) is 3.82. The fraction of sp³-hybridized carbons (Fsp3) is 0.600. The van der Waals surface area contributed by atoms with E-state index >= 15 is 0 Å². The summed E-state index contributed by atoms with van der Waals surface area (Å²) < 4.78 is 14.4. The maximum atomic E-state index is 13.3. The fourth-order valence-electron chi connectivity index (χ4n) is 2.29. The van der Waals surface area contributed by atoms with E-state index in [0.717, 1.165) is 42.4 Å². The highest BCUT2D eigenvalue weighted by Crippen LogP contribution is 2.33. The zero-order valence-corrected chi connectivity index (χ0v) is 13.1. The van der Waals surface area contributed by atoms with E-state index in [1.165, 1.54) is 6.07 Å². The molecule has 1 nitrogen and oxygen atoms in total. The Bertz CT molecular complexity index is 375. The van der Waals surface area contributed by atoms with Gasteiger partial charge in [0.2, 0.25) is 0 Å². The van der Waals surface area contributed by atoms with Crippen LogP contribution in [0.1, 0.15) is 39.2 Å². The van der Waals surface area contributed by atoms with Gasteiger partial charge in [0, 0.05) is 11.0 Å². The predicted molar refractivity (Wildman–Crippen MR) is 79.4 cm³/mol. The SMILES string of the molecule is CCNCC(CC)(CC)Cc1cc(F)ccc1Br. The van der Waals surface area contributed by atoms with E-state index in [2.05, 4.69) is 42.0 Å². The monoisotopic (exact) mass is 315 g/mol. The number of halogens is 2. The molecule has 0 amide bonds. The van der Waals surface area contributed by atoms with E-state index in [0.29, 0.717) is 0 Å². The molecule has 1 aromatic carbocycles. The van der Waals surface area contributed by atoms with Crippen molar-refractivity contribution in [3.8, 4) is 0 Å². The minimum absolute atomic E-state index is 0.155. The average Bonchev–Trinajstić information content (AvgIpc) is 2.39. The van der Waals surface area contributed by atoms with Gasteiger partial charge < -0.3 is 5.32 Å². The van der Waals surface area contributed by atoms with Crippen LogP contribution < -0.4 is 5.32 Å². The molecule has 0 saturated heterocycles. The van der Waals surface area contributed by atoms with Crippen LogP contribution in [0.25, 0.3) is 0 Å². The quantitative estimate of drug-likeness (QED) is 0.778. The highest BCUT2D eigenvalue weighted by atomic mass is 79.9. The molecule has 0 aliphatic heterocycles. The van der Waals surface area contributed by atoms with Gasteiger partial charge in [-0.15, -0.1) is 0 Å². The molecule has 0 aromatic heterocycles. The summed E-state index contributed by atoms with van der Waals surface area (Å²) in [7, 11) is 0. The summed E-state index contributed by atoms with van der Waals surface area (Å²) in [5.74, 6) is -0.155. The van der Waals surface area contributed by atoms with Crippen molar-refractivity contribution in [1.29, 1.82) is 0 Å². The van der Waals surface area contributed by atoms with Gasteiger partial charge in [0.25, 0.3) is 0 Å². The van der Waals surface area contributed by atoms with E-state index in [1.54, 1.807) is 12.1 Å². The minimum atomic E-state index is -0.155. The molecule has 0 heterocycles. The van der Waals surface area contributed by atoms with Gasteiger partial charge in [0.15, 0.2) is 0 Å². The first kappa shape index (κ1) is 15.6. The summed E-state index contributed by atoms with van der Waals surface area (Å²) in [5, 5.41) is 3.44. The highest BCUT2D eigenvalue weighted by molar-refractivity contribution is 9.10. The first-order chi connectivity index (χ1) is 8.56. The van der Waals surface area contributed by atoms with Gasteiger partial charge in [-0.05, 0) is 55.0 Å². The molecular weight excluding hydrogens is 293 g/mol. The Kier molecular flexibility index (Phi) is 6.30. The van der Waals surface area contributed by atoms with Crippen molar-refractivity contribution in [2.75, 3.05) is 13.1 Å². The first-order valence-electron chi connectivity index (χ1n) is 6.71. The van der Waals surface area contributed by atoms with Crippen molar-refractivity contribution in [2.45, 2.75) is 40.0 Å². The second-order valence-electron chi connectivity index (χ2n) is 4.90. The van der Waals surface area contributed by atoms with Crippen LogP contribution in [0.4, 0.5) is 4.39 Å². The number of rotatable bonds is 7. The lowest BCUT2D eigenvalue weighted by Crippen LogP contribution is -2.35. The van der Waals surface area contributed by atoms with Crippen molar-refractivity contribution < 1.29 is 4.39 Å². The van der Waals surface area contributed by atoms with Crippen LogP contribution in [-0.2, 0) is 6.42 Å². The lowest BCUT2D eigenvalue weighted by molar-refractivity contribution is 0.248. The Balaban J connectivity index is 2.91. The van der Waals surface area contributed by atoms with Gasteiger partial charge >= 0.3 is 0 Å². The number of hydrogen-bond donors (Lipinski definition) is 1. The van der Waals surface area contributed by atoms with Crippen molar-refractivity contribution in [3.05, 3.63) is 34.1 Å². The molecule has 0 aliphatic carbocycles. The molecule has 18 heavy (non-hydrogen) atoms. The Labute approximate surface area is 118 Å². The van der Waals surface area contributed by atoms with Crippen LogP contribution in [0, 0.1) is 11.2 Å². The summed E-state index contributed by atoms with van der Waals surface area (Å²) in [6.45, 7) is 8.52. The zero-order valence-electron chi connectivity index (χ0n) is 11.5. The van der Waals surface area contributed by atoms with E-state index in [1.807, 2.05) is 0 Å². The van der Waals surface area contributed by atoms with Crippen molar-refractivity contribution in [3.63, 3.8) is 0 Å². The Morgan fingerprint density at radius 2 is 1.89 bits per heavy atom. The smallest absolute Gasteiger partial charge is 0.123 e. The molecule has 1 aromatic rings. The summed E-state index contributed by atoms with van der Waals surface area (Å²) >= 11 is 3.52. The van der Waals surface area contributed by atoms with Crippen molar-refractivity contribution in [2.24, 2.45) is 5.41 Å². The second kappa shape index (κ2) is 7.25. The molecule has 3 heteroatoms. The summed E-state index contributed by atoms with van der Waals surface area (Å²) in [4.78, 5) is 0. The average molecular weight is 316 g/mol. The lowest BCUT2D eigenvalue weighted by atomic mass is 9.77. The Morgan fingerprint density at radius 3 is 2.44 bits per heavy atom. The zero-order chi connectivity index (χ0) is 13.6. The Morgan fingerprint density at radius 1 is 1.22 bits per heavy atom. The van der Waals surface area contributed by atoms with E-state index < -0.39 is 0 Å². The van der Waals surface area contributed by atoms with Gasteiger partial charge in [-0.2, -0.15) is 0 Å². The van der Waals surface area contributed by atoms with Gasteiger partial charge in [-0.3, -0.25) is 0 Å². The molecule has 1 N–H and O–H groups in total. The highest BCUT2D eigenvalue weighted by Gasteiger charge is 2.26. The van der Waals surface area contributed by atoms with Crippen molar-refractivity contribution in [1.82, 2.24) is 5.32 Å². The lowest BCUT2D eigenvalue weighted by Gasteiger charge is -2.32. The normalized spacial score (nSPS) is 11.8. The summed E-state index contributed by atoms with van der Waals surface area (Å²) in [6, 6.07) is 4.95. The van der Waals surface area contributed by atoms with E-state index in [-0.39, 0.29) is 11.2 Å². The maximum absolute atomic E-state index is 13.3. The van der Waals surface area contributed by atoms with Crippen LogP contribution in [-0.4, -0.2) is 13.1 Å². The van der Waals surface area contributed by atoms with Crippen LogP contribution in [0.2, 0.25) is 0 Å². The van der Waals surface area contributed by atoms with Gasteiger partial charge in [0.05, 0.1) is 0 Å². The maximum Gasteiger partial charge on any atom is 0.123 e. The molecule has 0 radical (unpaired) electrons. The third-order valence-corrected chi connectivity index (χ3v) is 4.60. The molecule has 0 atom stereocenters. The van der Waals surface area contributed by atoms with Crippen LogP contribution >= 0.6 is 15.9 Å². The standard InChI is InChI=1S/C15H23BrFN/c1-4-15(5-2,11-18-6-3)10-12-9-13(17)7-8-14(12)16/h7-9,18H,4-6,10-11H2,1-3H3. The van der Waals surface area contributed by atoms with Gasteiger partial charge in [-0.1, -0.05) is 36.7 Å². The third kappa shape index (κ3) is 4.06. The van der Waals surface area contributed by atoms with E-state index in [4.69, 9.17) is 0 Å². The molecule has 0 bridgehead atoms. The molecule has 1 rings (SSSR count). The molecular formula is C15H23BrFN. The fourth-order valence-corrected chi connectivity index (χ4v) is 2.67.